The Morgan fingerprint density at radius 1 is 1.33 bits per heavy atom. The fourth-order valence-electron chi connectivity index (χ4n) is 1.24. The Bertz CT molecular complexity index is 318. The molecule has 0 radical (unpaired) electrons. The number of rotatable bonds is 3. The monoisotopic (exact) mass is 217 g/mol. The second kappa shape index (κ2) is 4.64. The molecule has 84 valence electrons. The van der Waals surface area contributed by atoms with Crippen LogP contribution in [0.4, 0.5) is 13.2 Å². The summed E-state index contributed by atoms with van der Waals surface area (Å²) in [5, 5.41) is 0. The number of pyridine rings is 1. The molecule has 0 aromatic carbocycles. The fraction of sp³-hybridized carbons (Fsp3) is 0.545. The summed E-state index contributed by atoms with van der Waals surface area (Å²) in [4.78, 5) is 3.31. The summed E-state index contributed by atoms with van der Waals surface area (Å²) in [6.45, 7) is 4.09. The topological polar surface area (TPSA) is 12.9 Å². The van der Waals surface area contributed by atoms with Gasteiger partial charge in [-0.3, -0.25) is 4.98 Å². The molecular weight excluding hydrogens is 203 g/mol. The van der Waals surface area contributed by atoms with Crippen molar-refractivity contribution < 1.29 is 13.2 Å². The normalized spacial score (nSPS) is 12.1. The van der Waals surface area contributed by atoms with Gasteiger partial charge in [0.15, 0.2) is 0 Å². The maximum Gasteiger partial charge on any atom is 0.433 e. The molecule has 0 N–H and O–H groups in total. The minimum atomic E-state index is -4.34. The Hall–Kier alpha value is -1.06. The van der Waals surface area contributed by atoms with Crippen molar-refractivity contribution in [2.24, 2.45) is 5.92 Å². The number of aromatic nitrogens is 1. The van der Waals surface area contributed by atoms with Gasteiger partial charge in [0.25, 0.3) is 0 Å². The molecule has 1 aromatic rings. The fourth-order valence-corrected chi connectivity index (χ4v) is 1.24. The third kappa shape index (κ3) is 3.90. The zero-order valence-electron chi connectivity index (χ0n) is 8.80. The Morgan fingerprint density at radius 2 is 2.00 bits per heavy atom. The van der Waals surface area contributed by atoms with E-state index in [1.807, 2.05) is 13.8 Å². The van der Waals surface area contributed by atoms with Gasteiger partial charge in [-0.05, 0) is 36.5 Å². The third-order valence-electron chi connectivity index (χ3n) is 2.13. The quantitative estimate of drug-likeness (QED) is 0.752. The highest BCUT2D eigenvalue weighted by Crippen LogP contribution is 2.28. The minimum Gasteiger partial charge on any atom is -0.252 e. The molecule has 15 heavy (non-hydrogen) atoms. The molecule has 0 aliphatic heterocycles. The number of alkyl halides is 3. The van der Waals surface area contributed by atoms with Crippen LogP contribution in [0, 0.1) is 5.92 Å². The van der Waals surface area contributed by atoms with Gasteiger partial charge in [0.05, 0.1) is 0 Å². The first-order valence-corrected chi connectivity index (χ1v) is 4.91. The highest BCUT2D eigenvalue weighted by atomic mass is 19.4. The summed E-state index contributed by atoms with van der Waals surface area (Å²) in [5.74, 6) is 0.493. The standard InChI is InChI=1S/C11H14F3N/c1-8(2)3-4-9-5-6-15-10(7-9)11(12,13)14/h5-8H,3-4H2,1-2H3. The molecule has 0 atom stereocenters. The van der Waals surface area contributed by atoms with Crippen LogP contribution in [0.3, 0.4) is 0 Å². The molecule has 0 saturated heterocycles. The van der Waals surface area contributed by atoms with Crippen LogP contribution in [0.1, 0.15) is 31.5 Å². The average molecular weight is 217 g/mol. The van der Waals surface area contributed by atoms with Gasteiger partial charge in [-0.15, -0.1) is 0 Å². The van der Waals surface area contributed by atoms with E-state index >= 15 is 0 Å². The summed E-state index contributed by atoms with van der Waals surface area (Å²) in [6, 6.07) is 2.76. The number of halogens is 3. The molecule has 1 rings (SSSR count). The van der Waals surface area contributed by atoms with Gasteiger partial charge in [0, 0.05) is 6.20 Å². The zero-order chi connectivity index (χ0) is 11.5. The third-order valence-corrected chi connectivity index (χ3v) is 2.13. The molecule has 0 aliphatic rings. The van der Waals surface area contributed by atoms with E-state index in [1.165, 1.54) is 6.20 Å². The average Bonchev–Trinajstić information content (AvgIpc) is 2.14. The van der Waals surface area contributed by atoms with Crippen LogP contribution in [0.2, 0.25) is 0 Å². The molecule has 0 aliphatic carbocycles. The van der Waals surface area contributed by atoms with E-state index in [0.29, 0.717) is 17.9 Å². The van der Waals surface area contributed by atoms with E-state index in [1.54, 1.807) is 6.07 Å². The van der Waals surface area contributed by atoms with Crippen LogP contribution in [0.5, 0.6) is 0 Å². The molecule has 0 unspecified atom stereocenters. The Balaban J connectivity index is 2.75. The maximum absolute atomic E-state index is 12.3. The van der Waals surface area contributed by atoms with Gasteiger partial charge in [-0.1, -0.05) is 13.8 Å². The van der Waals surface area contributed by atoms with E-state index < -0.39 is 11.9 Å². The van der Waals surface area contributed by atoms with Gasteiger partial charge < -0.3 is 0 Å². The van der Waals surface area contributed by atoms with E-state index in [9.17, 15) is 13.2 Å². The number of aryl methyl sites for hydroxylation is 1. The van der Waals surface area contributed by atoms with Crippen molar-refractivity contribution in [2.45, 2.75) is 32.9 Å². The lowest BCUT2D eigenvalue weighted by Crippen LogP contribution is -2.08. The molecule has 0 bridgehead atoms. The Morgan fingerprint density at radius 3 is 2.53 bits per heavy atom. The summed E-state index contributed by atoms with van der Waals surface area (Å²) in [6.07, 6.45) is -1.56. The number of hydrogen-bond donors (Lipinski definition) is 0. The molecule has 0 spiro atoms. The van der Waals surface area contributed by atoms with Crippen molar-refractivity contribution in [3.05, 3.63) is 29.6 Å². The van der Waals surface area contributed by atoms with E-state index in [-0.39, 0.29) is 0 Å². The molecule has 1 heterocycles. The van der Waals surface area contributed by atoms with Crippen LogP contribution in [-0.4, -0.2) is 4.98 Å². The van der Waals surface area contributed by atoms with Gasteiger partial charge in [0.1, 0.15) is 5.69 Å². The van der Waals surface area contributed by atoms with Gasteiger partial charge >= 0.3 is 6.18 Å². The van der Waals surface area contributed by atoms with Crippen LogP contribution < -0.4 is 0 Å². The Kier molecular flexibility index (Phi) is 3.72. The number of nitrogens with zero attached hydrogens (tertiary/aromatic N) is 1. The van der Waals surface area contributed by atoms with E-state index in [4.69, 9.17) is 0 Å². The molecule has 0 saturated carbocycles. The molecule has 1 nitrogen and oxygen atoms in total. The molecule has 1 aromatic heterocycles. The van der Waals surface area contributed by atoms with Crippen LogP contribution in [0.25, 0.3) is 0 Å². The van der Waals surface area contributed by atoms with Gasteiger partial charge in [-0.25, -0.2) is 0 Å². The first kappa shape index (κ1) is 12.0. The second-order valence-electron chi connectivity index (χ2n) is 3.98. The minimum absolute atomic E-state index is 0.493. The largest absolute Gasteiger partial charge is 0.433 e. The lowest BCUT2D eigenvalue weighted by atomic mass is 10.0. The zero-order valence-corrected chi connectivity index (χ0v) is 8.80. The summed E-state index contributed by atoms with van der Waals surface area (Å²) in [5.41, 5.74) is -0.102. The van der Waals surface area contributed by atoms with E-state index in [2.05, 4.69) is 4.98 Å². The van der Waals surface area contributed by atoms with Crippen LogP contribution >= 0.6 is 0 Å². The summed E-state index contributed by atoms with van der Waals surface area (Å²) in [7, 11) is 0. The van der Waals surface area contributed by atoms with Crippen molar-refractivity contribution in [3.63, 3.8) is 0 Å². The van der Waals surface area contributed by atoms with Crippen LogP contribution in [-0.2, 0) is 12.6 Å². The first-order valence-electron chi connectivity index (χ1n) is 4.91. The highest BCUT2D eigenvalue weighted by Gasteiger charge is 2.32. The Labute approximate surface area is 87.3 Å². The highest BCUT2D eigenvalue weighted by molar-refractivity contribution is 5.18. The van der Waals surface area contributed by atoms with Gasteiger partial charge in [-0.2, -0.15) is 13.2 Å². The molecule has 4 heteroatoms. The molecule has 0 fully saturated rings. The van der Waals surface area contributed by atoms with Crippen molar-refractivity contribution in [1.82, 2.24) is 4.98 Å². The van der Waals surface area contributed by atoms with Gasteiger partial charge in [0.2, 0.25) is 0 Å². The van der Waals surface area contributed by atoms with E-state index in [0.717, 1.165) is 12.5 Å². The second-order valence-corrected chi connectivity index (χ2v) is 3.98. The van der Waals surface area contributed by atoms with Crippen molar-refractivity contribution in [2.75, 3.05) is 0 Å². The smallest absolute Gasteiger partial charge is 0.252 e. The first-order chi connectivity index (χ1) is 6.89. The maximum atomic E-state index is 12.3. The lowest BCUT2D eigenvalue weighted by molar-refractivity contribution is -0.141. The number of hydrogen-bond acceptors (Lipinski definition) is 1. The van der Waals surface area contributed by atoms with Crippen molar-refractivity contribution >= 4 is 0 Å². The SMILES string of the molecule is CC(C)CCc1ccnc(C(F)(F)F)c1. The summed E-state index contributed by atoms with van der Waals surface area (Å²) >= 11 is 0. The predicted molar refractivity (Wildman–Crippen MR) is 52.4 cm³/mol. The van der Waals surface area contributed by atoms with Crippen molar-refractivity contribution in [1.29, 1.82) is 0 Å². The molecular formula is C11H14F3N. The van der Waals surface area contributed by atoms with Crippen molar-refractivity contribution in [3.8, 4) is 0 Å². The molecule has 0 amide bonds. The summed E-state index contributed by atoms with van der Waals surface area (Å²) < 4.78 is 36.9. The lowest BCUT2D eigenvalue weighted by Gasteiger charge is -2.08. The van der Waals surface area contributed by atoms with Crippen LogP contribution in [0.15, 0.2) is 18.3 Å². The predicted octanol–water partition coefficient (Wildman–Crippen LogP) is 3.69.